The van der Waals surface area contributed by atoms with Crippen LogP contribution >= 0.6 is 11.3 Å². The molecular weight excluding hydrogens is 312 g/mol. The zero-order valence-corrected chi connectivity index (χ0v) is 14.8. The van der Waals surface area contributed by atoms with E-state index < -0.39 is 0 Å². The molecule has 0 spiro atoms. The van der Waals surface area contributed by atoms with Gasteiger partial charge >= 0.3 is 0 Å². The van der Waals surface area contributed by atoms with Crippen molar-refractivity contribution in [3.05, 3.63) is 28.6 Å². The van der Waals surface area contributed by atoms with Crippen molar-refractivity contribution in [1.29, 1.82) is 0 Å². The highest BCUT2D eigenvalue weighted by molar-refractivity contribution is 7.15. The summed E-state index contributed by atoms with van der Waals surface area (Å²) in [6.45, 7) is 9.30. The Morgan fingerprint density at radius 3 is 2.78 bits per heavy atom. The Labute approximate surface area is 141 Å². The molecule has 23 heavy (non-hydrogen) atoms. The number of nitrogens with zero attached hydrogens (tertiary/aromatic N) is 4. The molecule has 0 bridgehead atoms. The monoisotopic (exact) mass is 336 g/mol. The second-order valence-electron chi connectivity index (χ2n) is 6.25. The van der Waals surface area contributed by atoms with Gasteiger partial charge in [-0.2, -0.15) is 0 Å². The number of hydrogen-bond donors (Lipinski definition) is 0. The molecule has 3 heterocycles. The summed E-state index contributed by atoms with van der Waals surface area (Å²) in [6.07, 6.45) is 1.98. The third-order valence-electron chi connectivity index (χ3n) is 3.84. The molecule has 0 unspecified atom stereocenters. The Kier molecular flexibility index (Phi) is 5.30. The first kappa shape index (κ1) is 16.4. The minimum atomic E-state index is 0.399. The van der Waals surface area contributed by atoms with Gasteiger partial charge in [0.15, 0.2) is 10.9 Å². The van der Waals surface area contributed by atoms with E-state index in [0.29, 0.717) is 5.92 Å². The lowest BCUT2D eigenvalue weighted by molar-refractivity contribution is 0.122. The van der Waals surface area contributed by atoms with E-state index in [9.17, 15) is 0 Å². The molecule has 0 aliphatic carbocycles. The third-order valence-corrected chi connectivity index (χ3v) is 4.89. The molecule has 1 aliphatic heterocycles. The van der Waals surface area contributed by atoms with E-state index in [0.717, 1.165) is 56.0 Å². The van der Waals surface area contributed by atoms with Crippen molar-refractivity contribution in [3.8, 4) is 0 Å². The number of ether oxygens (including phenoxy) is 1. The van der Waals surface area contributed by atoms with Crippen LogP contribution in [-0.2, 0) is 17.8 Å². The molecule has 7 heteroatoms. The van der Waals surface area contributed by atoms with Crippen LogP contribution in [0.2, 0.25) is 0 Å². The summed E-state index contributed by atoms with van der Waals surface area (Å²) in [5, 5.41) is 5.21. The van der Waals surface area contributed by atoms with Crippen LogP contribution in [0.15, 0.2) is 16.8 Å². The maximum Gasteiger partial charge on any atom is 0.185 e. The quantitative estimate of drug-likeness (QED) is 0.808. The van der Waals surface area contributed by atoms with E-state index in [1.54, 1.807) is 11.3 Å². The molecule has 0 aromatic carbocycles. The van der Waals surface area contributed by atoms with Gasteiger partial charge in [0, 0.05) is 36.8 Å². The summed E-state index contributed by atoms with van der Waals surface area (Å²) >= 11 is 1.76. The van der Waals surface area contributed by atoms with E-state index in [4.69, 9.17) is 9.26 Å². The van der Waals surface area contributed by atoms with Gasteiger partial charge in [-0.3, -0.25) is 4.90 Å². The standard InChI is InChI=1S/C16H24N4O2S/c1-12(2)15-8-13(22-18-15)10-19(3)11-14-9-17-16(23-14)20-4-6-21-7-5-20/h8-9,12H,4-7,10-11H2,1-3H3. The Morgan fingerprint density at radius 1 is 1.30 bits per heavy atom. The first-order chi connectivity index (χ1) is 11.1. The summed E-state index contributed by atoms with van der Waals surface area (Å²) in [5.41, 5.74) is 1.01. The molecule has 3 rings (SSSR count). The largest absolute Gasteiger partial charge is 0.378 e. The summed E-state index contributed by atoms with van der Waals surface area (Å²) in [7, 11) is 2.09. The van der Waals surface area contributed by atoms with Gasteiger partial charge in [0.1, 0.15) is 0 Å². The summed E-state index contributed by atoms with van der Waals surface area (Å²) in [4.78, 5) is 10.3. The molecule has 0 saturated carbocycles. The van der Waals surface area contributed by atoms with Crippen LogP contribution in [-0.4, -0.2) is 48.4 Å². The van der Waals surface area contributed by atoms with Gasteiger partial charge in [-0.1, -0.05) is 19.0 Å². The van der Waals surface area contributed by atoms with E-state index in [1.165, 1.54) is 4.88 Å². The molecular formula is C16H24N4O2S. The van der Waals surface area contributed by atoms with Crippen molar-refractivity contribution in [2.24, 2.45) is 0 Å². The number of thiazole rings is 1. The van der Waals surface area contributed by atoms with Crippen LogP contribution in [0.1, 0.15) is 36.1 Å². The second-order valence-corrected chi connectivity index (χ2v) is 7.35. The van der Waals surface area contributed by atoms with Crippen molar-refractivity contribution in [1.82, 2.24) is 15.0 Å². The van der Waals surface area contributed by atoms with Gasteiger partial charge in [0.25, 0.3) is 0 Å². The van der Waals surface area contributed by atoms with Crippen LogP contribution in [0.25, 0.3) is 0 Å². The number of rotatable bonds is 6. The molecule has 126 valence electrons. The average molecular weight is 336 g/mol. The van der Waals surface area contributed by atoms with Crippen LogP contribution in [0.4, 0.5) is 5.13 Å². The van der Waals surface area contributed by atoms with Crippen molar-refractivity contribution < 1.29 is 9.26 Å². The first-order valence-electron chi connectivity index (χ1n) is 8.03. The minimum absolute atomic E-state index is 0.399. The lowest BCUT2D eigenvalue weighted by Gasteiger charge is -2.26. The lowest BCUT2D eigenvalue weighted by Crippen LogP contribution is -2.36. The molecule has 0 radical (unpaired) electrons. The van der Waals surface area contributed by atoms with Crippen molar-refractivity contribution >= 4 is 16.5 Å². The first-order valence-corrected chi connectivity index (χ1v) is 8.85. The molecule has 0 atom stereocenters. The highest BCUT2D eigenvalue weighted by Gasteiger charge is 2.16. The fourth-order valence-electron chi connectivity index (χ4n) is 2.53. The summed E-state index contributed by atoms with van der Waals surface area (Å²) in [5.74, 6) is 1.31. The van der Waals surface area contributed by atoms with Crippen LogP contribution in [0.3, 0.4) is 0 Å². The van der Waals surface area contributed by atoms with Gasteiger partial charge in [-0.15, -0.1) is 11.3 Å². The van der Waals surface area contributed by atoms with Crippen LogP contribution < -0.4 is 4.90 Å². The smallest absolute Gasteiger partial charge is 0.185 e. The fourth-order valence-corrected chi connectivity index (χ4v) is 3.58. The Morgan fingerprint density at radius 2 is 2.09 bits per heavy atom. The minimum Gasteiger partial charge on any atom is -0.378 e. The summed E-state index contributed by atoms with van der Waals surface area (Å²) in [6, 6.07) is 2.05. The highest BCUT2D eigenvalue weighted by atomic mass is 32.1. The average Bonchev–Trinajstić information content (AvgIpc) is 3.18. The highest BCUT2D eigenvalue weighted by Crippen LogP contribution is 2.24. The Bertz CT molecular complexity index is 619. The SMILES string of the molecule is CC(C)c1cc(CN(C)Cc2cnc(N3CCOCC3)s2)on1. The van der Waals surface area contributed by atoms with Crippen molar-refractivity contribution in [2.45, 2.75) is 32.9 Å². The zero-order valence-electron chi connectivity index (χ0n) is 14.0. The fraction of sp³-hybridized carbons (Fsp3) is 0.625. The second kappa shape index (κ2) is 7.42. The van der Waals surface area contributed by atoms with Gasteiger partial charge < -0.3 is 14.2 Å². The van der Waals surface area contributed by atoms with Gasteiger partial charge in [-0.25, -0.2) is 4.98 Å². The Balaban J connectivity index is 1.54. The zero-order chi connectivity index (χ0) is 16.2. The van der Waals surface area contributed by atoms with Gasteiger partial charge in [0.2, 0.25) is 0 Å². The molecule has 2 aromatic rings. The topological polar surface area (TPSA) is 54.6 Å². The maximum atomic E-state index is 5.41. The van der Waals surface area contributed by atoms with Crippen LogP contribution in [0, 0.1) is 0 Å². The lowest BCUT2D eigenvalue weighted by atomic mass is 10.1. The molecule has 2 aromatic heterocycles. The molecule has 1 saturated heterocycles. The summed E-state index contributed by atoms with van der Waals surface area (Å²) < 4.78 is 10.8. The number of aromatic nitrogens is 2. The number of hydrogen-bond acceptors (Lipinski definition) is 7. The molecule has 1 fully saturated rings. The molecule has 1 aliphatic rings. The van der Waals surface area contributed by atoms with Crippen molar-refractivity contribution in [2.75, 3.05) is 38.3 Å². The molecule has 6 nitrogen and oxygen atoms in total. The molecule has 0 amide bonds. The predicted octanol–water partition coefficient (Wildman–Crippen LogP) is 2.72. The van der Waals surface area contributed by atoms with Crippen LogP contribution in [0.5, 0.6) is 0 Å². The molecule has 0 N–H and O–H groups in total. The van der Waals surface area contributed by atoms with E-state index in [2.05, 4.69) is 40.8 Å². The Hall–Kier alpha value is -1.44. The van der Waals surface area contributed by atoms with Gasteiger partial charge in [0.05, 0.1) is 25.5 Å². The van der Waals surface area contributed by atoms with Crippen molar-refractivity contribution in [3.63, 3.8) is 0 Å². The number of anilines is 1. The third kappa shape index (κ3) is 4.31. The maximum absolute atomic E-state index is 5.41. The number of morpholine rings is 1. The normalized spacial score (nSPS) is 15.8. The predicted molar refractivity (Wildman–Crippen MR) is 90.9 cm³/mol. The van der Waals surface area contributed by atoms with E-state index in [-0.39, 0.29) is 0 Å². The van der Waals surface area contributed by atoms with E-state index >= 15 is 0 Å². The van der Waals surface area contributed by atoms with Gasteiger partial charge in [-0.05, 0) is 13.0 Å². The van der Waals surface area contributed by atoms with E-state index in [1.807, 2.05) is 12.3 Å².